The molecule has 2 aromatic rings. The second-order valence-electron chi connectivity index (χ2n) is 5.25. The van der Waals surface area contributed by atoms with Gasteiger partial charge in [0.15, 0.2) is 11.6 Å². The van der Waals surface area contributed by atoms with Crippen molar-refractivity contribution in [1.82, 2.24) is 10.2 Å². The molecule has 3 rings (SSSR count). The molecule has 2 heterocycles. The molecule has 0 unspecified atom stereocenters. The average Bonchev–Trinajstić information content (AvgIpc) is 3.10. The van der Waals surface area contributed by atoms with Crippen molar-refractivity contribution < 1.29 is 13.2 Å². The second kappa shape index (κ2) is 6.41. The van der Waals surface area contributed by atoms with Crippen molar-refractivity contribution >= 4 is 21.7 Å². The fourth-order valence-corrected chi connectivity index (χ4v) is 3.44. The number of aromatic nitrogens is 2. The van der Waals surface area contributed by atoms with E-state index in [9.17, 15) is 8.42 Å². The van der Waals surface area contributed by atoms with Gasteiger partial charge in [0.25, 0.3) is 10.0 Å². The SMILES string of the molecule is COc1ccc(S(=O)(=O)Nc2ccc(N3CCCC3)nn2)cc1. The van der Waals surface area contributed by atoms with Crippen LogP contribution >= 0.6 is 0 Å². The number of hydrogen-bond donors (Lipinski definition) is 1. The molecule has 7 nitrogen and oxygen atoms in total. The van der Waals surface area contributed by atoms with Crippen LogP contribution in [-0.4, -0.2) is 38.8 Å². The number of sulfonamides is 1. The van der Waals surface area contributed by atoms with E-state index in [2.05, 4.69) is 19.8 Å². The van der Waals surface area contributed by atoms with Crippen LogP contribution in [0.5, 0.6) is 5.75 Å². The summed E-state index contributed by atoms with van der Waals surface area (Å²) in [5.74, 6) is 1.57. The Labute approximate surface area is 135 Å². The average molecular weight is 334 g/mol. The van der Waals surface area contributed by atoms with E-state index in [1.54, 1.807) is 24.3 Å². The highest BCUT2D eigenvalue weighted by atomic mass is 32.2. The Morgan fingerprint density at radius 2 is 1.74 bits per heavy atom. The third-order valence-electron chi connectivity index (χ3n) is 3.69. The van der Waals surface area contributed by atoms with Crippen LogP contribution in [0.3, 0.4) is 0 Å². The molecule has 0 bridgehead atoms. The van der Waals surface area contributed by atoms with Crippen molar-refractivity contribution in [2.24, 2.45) is 0 Å². The van der Waals surface area contributed by atoms with E-state index in [4.69, 9.17) is 4.74 Å². The first kappa shape index (κ1) is 15.5. The van der Waals surface area contributed by atoms with E-state index < -0.39 is 10.0 Å². The minimum atomic E-state index is -3.69. The number of nitrogens with one attached hydrogen (secondary N) is 1. The molecule has 0 spiro atoms. The molecule has 1 aromatic carbocycles. The molecule has 1 fully saturated rings. The van der Waals surface area contributed by atoms with E-state index in [0.717, 1.165) is 31.7 Å². The van der Waals surface area contributed by atoms with Gasteiger partial charge in [-0.2, -0.15) is 0 Å². The molecule has 0 saturated carbocycles. The van der Waals surface area contributed by atoms with Gasteiger partial charge in [-0.25, -0.2) is 8.42 Å². The van der Waals surface area contributed by atoms with Crippen molar-refractivity contribution in [3.05, 3.63) is 36.4 Å². The highest BCUT2D eigenvalue weighted by Crippen LogP contribution is 2.20. The van der Waals surface area contributed by atoms with Crippen LogP contribution in [-0.2, 0) is 10.0 Å². The number of rotatable bonds is 5. The molecule has 1 aliphatic heterocycles. The molecule has 8 heteroatoms. The zero-order valence-electron chi connectivity index (χ0n) is 12.8. The third kappa shape index (κ3) is 3.53. The molecule has 0 atom stereocenters. The lowest BCUT2D eigenvalue weighted by Gasteiger charge is -2.15. The van der Waals surface area contributed by atoms with Crippen molar-refractivity contribution in [3.8, 4) is 5.75 Å². The normalized spacial score (nSPS) is 14.7. The number of benzene rings is 1. The van der Waals surface area contributed by atoms with Crippen molar-refractivity contribution in [2.45, 2.75) is 17.7 Å². The van der Waals surface area contributed by atoms with Gasteiger partial charge in [0.1, 0.15) is 5.75 Å². The lowest BCUT2D eigenvalue weighted by Crippen LogP contribution is -2.20. The van der Waals surface area contributed by atoms with Crippen molar-refractivity contribution in [3.63, 3.8) is 0 Å². The first-order chi connectivity index (χ1) is 11.1. The van der Waals surface area contributed by atoms with Gasteiger partial charge in [-0.15, -0.1) is 10.2 Å². The number of methoxy groups -OCH3 is 1. The fraction of sp³-hybridized carbons (Fsp3) is 0.333. The summed E-state index contributed by atoms with van der Waals surface area (Å²) in [5, 5.41) is 8.06. The summed E-state index contributed by atoms with van der Waals surface area (Å²) in [7, 11) is -2.16. The first-order valence-electron chi connectivity index (χ1n) is 7.34. The molecule has 0 amide bonds. The van der Waals surface area contributed by atoms with Crippen LogP contribution in [0.4, 0.5) is 11.6 Å². The molecule has 1 aromatic heterocycles. The Kier molecular flexibility index (Phi) is 4.33. The predicted molar refractivity (Wildman–Crippen MR) is 87.3 cm³/mol. The minimum Gasteiger partial charge on any atom is -0.497 e. The largest absolute Gasteiger partial charge is 0.497 e. The van der Waals surface area contributed by atoms with Crippen molar-refractivity contribution in [1.29, 1.82) is 0 Å². The molecule has 0 radical (unpaired) electrons. The summed E-state index contributed by atoms with van der Waals surface area (Å²) in [6.45, 7) is 1.93. The zero-order valence-corrected chi connectivity index (χ0v) is 13.6. The molecule has 0 aliphatic carbocycles. The number of nitrogens with zero attached hydrogens (tertiary/aromatic N) is 3. The summed E-state index contributed by atoms with van der Waals surface area (Å²) < 4.78 is 32.1. The molecule has 122 valence electrons. The molecule has 23 heavy (non-hydrogen) atoms. The molecule has 1 saturated heterocycles. The van der Waals surface area contributed by atoms with Crippen LogP contribution in [0, 0.1) is 0 Å². The van der Waals surface area contributed by atoms with Crippen LogP contribution in [0.1, 0.15) is 12.8 Å². The predicted octanol–water partition coefficient (Wildman–Crippen LogP) is 1.89. The Morgan fingerprint density at radius 3 is 2.30 bits per heavy atom. The zero-order chi connectivity index (χ0) is 16.3. The maximum atomic E-state index is 12.3. The monoisotopic (exact) mass is 334 g/mol. The summed E-state index contributed by atoms with van der Waals surface area (Å²) in [6, 6.07) is 9.56. The van der Waals surface area contributed by atoms with Crippen LogP contribution < -0.4 is 14.4 Å². The van der Waals surface area contributed by atoms with Crippen LogP contribution in [0.15, 0.2) is 41.3 Å². The van der Waals surface area contributed by atoms with Gasteiger partial charge in [-0.3, -0.25) is 4.72 Å². The van der Waals surface area contributed by atoms with Gasteiger partial charge in [0.2, 0.25) is 0 Å². The van der Waals surface area contributed by atoms with Crippen molar-refractivity contribution in [2.75, 3.05) is 29.8 Å². The quantitative estimate of drug-likeness (QED) is 0.899. The van der Waals surface area contributed by atoms with Gasteiger partial charge < -0.3 is 9.64 Å². The Morgan fingerprint density at radius 1 is 1.04 bits per heavy atom. The summed E-state index contributed by atoms with van der Waals surface area (Å²) in [6.07, 6.45) is 2.29. The Bertz CT molecular complexity index is 754. The second-order valence-corrected chi connectivity index (χ2v) is 6.93. The van der Waals surface area contributed by atoms with Gasteiger partial charge in [0.05, 0.1) is 12.0 Å². The Balaban J connectivity index is 1.74. The summed E-state index contributed by atoms with van der Waals surface area (Å²) in [4.78, 5) is 2.28. The lowest BCUT2D eigenvalue weighted by atomic mass is 10.3. The number of hydrogen-bond acceptors (Lipinski definition) is 6. The van der Waals surface area contributed by atoms with Crippen LogP contribution in [0.25, 0.3) is 0 Å². The maximum absolute atomic E-state index is 12.3. The van der Waals surface area contributed by atoms with Gasteiger partial charge in [0, 0.05) is 13.1 Å². The minimum absolute atomic E-state index is 0.142. The smallest absolute Gasteiger partial charge is 0.263 e. The van der Waals surface area contributed by atoms with E-state index in [1.807, 2.05) is 0 Å². The van der Waals surface area contributed by atoms with Gasteiger partial charge >= 0.3 is 0 Å². The van der Waals surface area contributed by atoms with E-state index >= 15 is 0 Å². The fourth-order valence-electron chi connectivity index (χ4n) is 2.45. The topological polar surface area (TPSA) is 84.4 Å². The number of anilines is 2. The van der Waals surface area contributed by atoms with E-state index in [-0.39, 0.29) is 10.7 Å². The maximum Gasteiger partial charge on any atom is 0.263 e. The molecular formula is C15H18N4O3S. The first-order valence-corrected chi connectivity index (χ1v) is 8.82. The Hall–Kier alpha value is -2.35. The molecule has 1 N–H and O–H groups in total. The summed E-state index contributed by atoms with van der Waals surface area (Å²) in [5.41, 5.74) is 0. The molecular weight excluding hydrogens is 316 g/mol. The van der Waals surface area contributed by atoms with E-state index in [1.165, 1.54) is 19.2 Å². The van der Waals surface area contributed by atoms with Gasteiger partial charge in [-0.1, -0.05) is 0 Å². The standard InChI is InChI=1S/C15H18N4O3S/c1-22-12-4-6-13(7-5-12)23(20,21)18-14-8-9-15(17-16-14)19-10-2-3-11-19/h4-9H,2-3,10-11H2,1H3,(H,16,18). The van der Waals surface area contributed by atoms with E-state index in [0.29, 0.717) is 5.75 Å². The molecule has 1 aliphatic rings. The summed E-state index contributed by atoms with van der Waals surface area (Å²) >= 11 is 0. The van der Waals surface area contributed by atoms with Crippen LogP contribution in [0.2, 0.25) is 0 Å². The highest BCUT2D eigenvalue weighted by molar-refractivity contribution is 7.92. The highest BCUT2D eigenvalue weighted by Gasteiger charge is 2.17. The number of ether oxygens (including phenoxy) is 1. The van der Waals surface area contributed by atoms with Gasteiger partial charge in [-0.05, 0) is 49.2 Å². The third-order valence-corrected chi connectivity index (χ3v) is 5.06. The lowest BCUT2D eigenvalue weighted by molar-refractivity contribution is 0.414.